The number of rotatable bonds is 3. The Labute approximate surface area is 110 Å². The Morgan fingerprint density at radius 2 is 1.74 bits per heavy atom. The quantitative estimate of drug-likeness (QED) is 0.923. The minimum atomic E-state index is -1.18. The normalized spacial score (nSPS) is 13.9. The van der Waals surface area contributed by atoms with Gasteiger partial charge in [0.05, 0.1) is 12.6 Å². The molecule has 0 fully saturated rings. The van der Waals surface area contributed by atoms with Gasteiger partial charge in [0.2, 0.25) is 0 Å². The Balaban J connectivity index is 2.62. The van der Waals surface area contributed by atoms with Gasteiger partial charge in [-0.1, -0.05) is 18.2 Å². The van der Waals surface area contributed by atoms with Gasteiger partial charge in [-0.3, -0.25) is 0 Å². The zero-order valence-corrected chi connectivity index (χ0v) is 10.8. The maximum absolute atomic E-state index is 13.9. The van der Waals surface area contributed by atoms with E-state index in [0.29, 0.717) is 16.9 Å². The van der Waals surface area contributed by atoms with Crippen LogP contribution in [0.15, 0.2) is 42.5 Å². The number of nitrogens with two attached hydrogens (primary N) is 1. The first-order valence-electron chi connectivity index (χ1n) is 5.84. The van der Waals surface area contributed by atoms with Crippen molar-refractivity contribution in [3.8, 4) is 5.75 Å². The highest BCUT2D eigenvalue weighted by Crippen LogP contribution is 2.34. The first-order chi connectivity index (χ1) is 8.96. The largest absolute Gasteiger partial charge is 0.496 e. The number of hydrogen-bond acceptors (Lipinski definition) is 2. The Bertz CT molecular complexity index is 596. The van der Waals surface area contributed by atoms with Crippen LogP contribution in [0.4, 0.5) is 8.78 Å². The van der Waals surface area contributed by atoms with Gasteiger partial charge in [0, 0.05) is 11.1 Å². The molecule has 0 spiro atoms. The average molecular weight is 263 g/mol. The van der Waals surface area contributed by atoms with Crippen LogP contribution in [-0.2, 0) is 5.54 Å². The summed E-state index contributed by atoms with van der Waals surface area (Å²) in [7, 11) is 1.47. The molecule has 100 valence electrons. The van der Waals surface area contributed by atoms with Crippen LogP contribution >= 0.6 is 0 Å². The maximum Gasteiger partial charge on any atom is 0.128 e. The minimum Gasteiger partial charge on any atom is -0.496 e. The van der Waals surface area contributed by atoms with E-state index in [1.165, 1.54) is 31.4 Å². The molecule has 4 heteroatoms. The molecule has 0 aliphatic heterocycles. The molecule has 0 amide bonds. The SMILES string of the molecule is COc1ccc(F)cc1C(C)(N)c1ccccc1F. The van der Waals surface area contributed by atoms with Gasteiger partial charge in [-0.2, -0.15) is 0 Å². The Morgan fingerprint density at radius 3 is 2.37 bits per heavy atom. The fourth-order valence-corrected chi connectivity index (χ4v) is 2.11. The van der Waals surface area contributed by atoms with E-state index in [1.807, 2.05) is 0 Å². The van der Waals surface area contributed by atoms with E-state index in [9.17, 15) is 8.78 Å². The molecule has 2 aromatic rings. The van der Waals surface area contributed by atoms with Crippen molar-refractivity contribution in [2.45, 2.75) is 12.5 Å². The Kier molecular flexibility index (Phi) is 3.53. The van der Waals surface area contributed by atoms with E-state index in [2.05, 4.69) is 0 Å². The lowest BCUT2D eigenvalue weighted by molar-refractivity contribution is 0.395. The summed E-state index contributed by atoms with van der Waals surface area (Å²) in [6.45, 7) is 1.63. The minimum absolute atomic E-state index is 0.291. The number of methoxy groups -OCH3 is 1. The summed E-state index contributed by atoms with van der Waals surface area (Å²) < 4.78 is 32.5. The lowest BCUT2D eigenvalue weighted by Crippen LogP contribution is -2.35. The highest BCUT2D eigenvalue weighted by Gasteiger charge is 2.30. The highest BCUT2D eigenvalue weighted by molar-refractivity contribution is 5.46. The van der Waals surface area contributed by atoms with Crippen molar-refractivity contribution < 1.29 is 13.5 Å². The van der Waals surface area contributed by atoms with E-state index in [0.717, 1.165) is 0 Å². The van der Waals surface area contributed by atoms with Crippen LogP contribution < -0.4 is 10.5 Å². The first-order valence-corrected chi connectivity index (χ1v) is 5.84. The molecule has 0 aromatic heterocycles. The molecule has 0 aliphatic carbocycles. The molecule has 0 bridgehead atoms. The van der Waals surface area contributed by atoms with Gasteiger partial charge in [0.15, 0.2) is 0 Å². The topological polar surface area (TPSA) is 35.2 Å². The van der Waals surface area contributed by atoms with Crippen LogP contribution in [0.3, 0.4) is 0 Å². The summed E-state index contributed by atoms with van der Waals surface area (Å²) in [5.74, 6) is -0.447. The van der Waals surface area contributed by atoms with Crippen molar-refractivity contribution in [2.24, 2.45) is 5.73 Å². The standard InChI is InChI=1S/C15H15F2NO/c1-15(18,11-5-3-4-6-13(11)17)12-9-10(16)7-8-14(12)19-2/h3-9H,18H2,1-2H3. The fraction of sp³-hybridized carbons (Fsp3) is 0.200. The van der Waals surface area contributed by atoms with Gasteiger partial charge < -0.3 is 10.5 Å². The summed E-state index contributed by atoms with van der Waals surface area (Å²) in [6.07, 6.45) is 0. The number of hydrogen-bond donors (Lipinski definition) is 1. The summed E-state index contributed by atoms with van der Waals surface area (Å²) >= 11 is 0. The number of halogens is 2. The van der Waals surface area contributed by atoms with Crippen molar-refractivity contribution in [2.75, 3.05) is 7.11 Å². The zero-order chi connectivity index (χ0) is 14.0. The lowest BCUT2D eigenvalue weighted by Gasteiger charge is -2.28. The summed E-state index contributed by atoms with van der Waals surface area (Å²) in [6, 6.07) is 10.2. The third-order valence-electron chi connectivity index (χ3n) is 3.15. The van der Waals surface area contributed by atoms with Crippen LogP contribution in [0.1, 0.15) is 18.1 Å². The van der Waals surface area contributed by atoms with Crippen molar-refractivity contribution in [1.82, 2.24) is 0 Å². The first kappa shape index (κ1) is 13.5. The fourth-order valence-electron chi connectivity index (χ4n) is 2.11. The molecule has 0 radical (unpaired) electrons. The van der Waals surface area contributed by atoms with Crippen LogP contribution in [0.5, 0.6) is 5.75 Å². The van der Waals surface area contributed by atoms with Crippen molar-refractivity contribution in [3.05, 3.63) is 65.2 Å². The molecule has 2 aromatic carbocycles. The smallest absolute Gasteiger partial charge is 0.128 e. The van der Waals surface area contributed by atoms with Gasteiger partial charge in [-0.05, 0) is 31.2 Å². The van der Waals surface area contributed by atoms with Crippen LogP contribution in [-0.4, -0.2) is 7.11 Å². The highest BCUT2D eigenvalue weighted by atomic mass is 19.1. The van der Waals surface area contributed by atoms with Crippen LogP contribution in [0, 0.1) is 11.6 Å². The third kappa shape index (κ3) is 2.44. The predicted molar refractivity (Wildman–Crippen MR) is 70.0 cm³/mol. The van der Waals surface area contributed by atoms with Gasteiger partial charge in [-0.25, -0.2) is 8.78 Å². The van der Waals surface area contributed by atoms with E-state index in [-0.39, 0.29) is 0 Å². The average Bonchev–Trinajstić information content (AvgIpc) is 2.39. The second-order valence-electron chi connectivity index (χ2n) is 4.53. The van der Waals surface area contributed by atoms with E-state index in [4.69, 9.17) is 10.5 Å². The van der Waals surface area contributed by atoms with Crippen molar-refractivity contribution in [3.63, 3.8) is 0 Å². The monoisotopic (exact) mass is 263 g/mol. The maximum atomic E-state index is 13.9. The van der Waals surface area contributed by atoms with Crippen molar-refractivity contribution >= 4 is 0 Å². The molecule has 1 unspecified atom stereocenters. The Morgan fingerprint density at radius 1 is 1.05 bits per heavy atom. The van der Waals surface area contributed by atoms with Crippen LogP contribution in [0.25, 0.3) is 0 Å². The van der Waals surface area contributed by atoms with Gasteiger partial charge in [0.25, 0.3) is 0 Å². The van der Waals surface area contributed by atoms with Gasteiger partial charge in [-0.15, -0.1) is 0 Å². The van der Waals surface area contributed by atoms with Crippen LogP contribution in [0.2, 0.25) is 0 Å². The molecule has 19 heavy (non-hydrogen) atoms. The van der Waals surface area contributed by atoms with E-state index in [1.54, 1.807) is 25.1 Å². The molecule has 0 aliphatic rings. The molecule has 0 heterocycles. The second kappa shape index (κ2) is 4.97. The molecule has 0 saturated carbocycles. The molecular weight excluding hydrogens is 248 g/mol. The second-order valence-corrected chi connectivity index (χ2v) is 4.53. The molecule has 2 N–H and O–H groups in total. The Hall–Kier alpha value is -1.94. The summed E-state index contributed by atoms with van der Waals surface area (Å²) in [5, 5.41) is 0. The lowest BCUT2D eigenvalue weighted by atomic mass is 9.84. The van der Waals surface area contributed by atoms with Gasteiger partial charge in [0.1, 0.15) is 17.4 Å². The number of benzene rings is 2. The predicted octanol–water partition coefficient (Wildman–Crippen LogP) is 3.20. The molecule has 1 atom stereocenters. The molecule has 0 saturated heterocycles. The molecular formula is C15H15F2NO. The molecule has 2 nitrogen and oxygen atoms in total. The summed E-state index contributed by atoms with van der Waals surface area (Å²) in [5.41, 5.74) is 5.73. The summed E-state index contributed by atoms with van der Waals surface area (Å²) in [4.78, 5) is 0. The molecule has 2 rings (SSSR count). The third-order valence-corrected chi connectivity index (χ3v) is 3.15. The van der Waals surface area contributed by atoms with Crippen molar-refractivity contribution in [1.29, 1.82) is 0 Å². The van der Waals surface area contributed by atoms with E-state index < -0.39 is 17.2 Å². The van der Waals surface area contributed by atoms with E-state index >= 15 is 0 Å². The number of ether oxygens (including phenoxy) is 1. The van der Waals surface area contributed by atoms with Gasteiger partial charge >= 0.3 is 0 Å². The zero-order valence-electron chi connectivity index (χ0n) is 10.8.